The third-order valence-electron chi connectivity index (χ3n) is 1.45. The fourth-order valence-electron chi connectivity index (χ4n) is 0.899. The topological polar surface area (TPSA) is 66.4 Å². The zero-order valence-corrected chi connectivity index (χ0v) is 8.07. The van der Waals surface area contributed by atoms with Crippen LogP contribution in [0, 0.1) is 0 Å². The van der Waals surface area contributed by atoms with E-state index >= 15 is 0 Å². The van der Waals surface area contributed by atoms with Gasteiger partial charge in [-0.25, -0.2) is 4.79 Å². The quantitative estimate of drug-likeness (QED) is 0.551. The van der Waals surface area contributed by atoms with E-state index in [1.165, 1.54) is 19.1 Å². The van der Waals surface area contributed by atoms with E-state index in [2.05, 4.69) is 5.32 Å². The summed E-state index contributed by atoms with van der Waals surface area (Å²) >= 11 is 0. The van der Waals surface area contributed by atoms with Gasteiger partial charge in [0, 0.05) is 12.6 Å². The molecule has 14 heavy (non-hydrogen) atoms. The molecule has 70 valence electrons. The second-order valence-corrected chi connectivity index (χ2v) is 2.56. The Morgan fingerprint density at radius 2 is 1.79 bits per heavy atom. The minimum Gasteiger partial charge on any atom is -1.00 e. The van der Waals surface area contributed by atoms with Crippen LogP contribution in [0.5, 0.6) is 0 Å². The number of hydrogen-bond donors (Lipinski definition) is 2. The molecule has 5 heteroatoms. The van der Waals surface area contributed by atoms with Crippen molar-refractivity contribution in [2.45, 2.75) is 6.92 Å². The van der Waals surface area contributed by atoms with Crippen molar-refractivity contribution in [3.05, 3.63) is 29.8 Å². The monoisotopic (exact) mass is 187 g/mol. The van der Waals surface area contributed by atoms with Gasteiger partial charge in [0.15, 0.2) is 0 Å². The SMILES string of the molecule is CC(=O)Nc1ccc(C(=O)O)cc1.[H-].[Li+]. The zero-order chi connectivity index (χ0) is 9.84. The first-order chi connectivity index (χ1) is 6.09. The van der Waals surface area contributed by atoms with E-state index in [-0.39, 0.29) is 31.8 Å². The fraction of sp³-hybridized carbons (Fsp3) is 0.111. The second-order valence-electron chi connectivity index (χ2n) is 2.56. The number of anilines is 1. The van der Waals surface area contributed by atoms with Crippen LogP contribution in [-0.4, -0.2) is 17.0 Å². The van der Waals surface area contributed by atoms with Crippen LogP contribution < -0.4 is 24.2 Å². The van der Waals surface area contributed by atoms with Crippen LogP contribution in [0.1, 0.15) is 18.7 Å². The Balaban J connectivity index is 0. The zero-order valence-electron chi connectivity index (χ0n) is 9.07. The van der Waals surface area contributed by atoms with Gasteiger partial charge in [0.05, 0.1) is 5.56 Å². The number of aromatic carboxylic acids is 1. The van der Waals surface area contributed by atoms with Crippen molar-refractivity contribution in [3.8, 4) is 0 Å². The van der Waals surface area contributed by atoms with E-state index in [9.17, 15) is 9.59 Å². The number of carboxylic acid groups (broad SMARTS) is 1. The maximum Gasteiger partial charge on any atom is 1.00 e. The number of carbonyl (C=O) groups excluding carboxylic acids is 1. The molecule has 1 amide bonds. The predicted octanol–water partition coefficient (Wildman–Crippen LogP) is -1.54. The first kappa shape index (κ1) is 12.8. The summed E-state index contributed by atoms with van der Waals surface area (Å²) in [6.45, 7) is 1.39. The Kier molecular flexibility index (Phi) is 4.99. The van der Waals surface area contributed by atoms with Crippen molar-refractivity contribution in [2.75, 3.05) is 5.32 Å². The van der Waals surface area contributed by atoms with Crippen LogP contribution in [0.25, 0.3) is 0 Å². The third-order valence-corrected chi connectivity index (χ3v) is 1.45. The van der Waals surface area contributed by atoms with Crippen LogP contribution in [0.3, 0.4) is 0 Å². The van der Waals surface area contributed by atoms with Crippen LogP contribution in [0.15, 0.2) is 24.3 Å². The fourth-order valence-corrected chi connectivity index (χ4v) is 0.899. The summed E-state index contributed by atoms with van der Waals surface area (Å²) in [4.78, 5) is 21.1. The number of carbonyl (C=O) groups is 2. The smallest absolute Gasteiger partial charge is 1.00 e. The standard InChI is InChI=1S/C9H9NO3.Li.H/c1-6(11)10-8-4-2-7(3-5-8)9(12)13;;/h2-5H,1H3,(H,10,11)(H,12,13);;/q;+1;-1. The molecule has 0 aliphatic rings. The summed E-state index contributed by atoms with van der Waals surface area (Å²) in [5.41, 5.74) is 0.798. The van der Waals surface area contributed by atoms with E-state index in [1.807, 2.05) is 0 Å². The molecule has 0 unspecified atom stereocenters. The van der Waals surface area contributed by atoms with Crippen molar-refractivity contribution >= 4 is 17.6 Å². The van der Waals surface area contributed by atoms with Crippen LogP contribution in [0.2, 0.25) is 0 Å². The normalized spacial score (nSPS) is 8.64. The molecule has 1 rings (SSSR count). The Bertz CT molecular complexity index is 340. The van der Waals surface area contributed by atoms with E-state index < -0.39 is 5.97 Å². The molecule has 0 aliphatic carbocycles. The second kappa shape index (κ2) is 5.48. The summed E-state index contributed by atoms with van der Waals surface area (Å²) in [5.74, 6) is -1.16. The molecular weight excluding hydrogens is 177 g/mol. The summed E-state index contributed by atoms with van der Waals surface area (Å²) in [6, 6.07) is 5.97. The van der Waals surface area contributed by atoms with Gasteiger partial charge in [-0.3, -0.25) is 4.79 Å². The molecule has 0 aliphatic heterocycles. The molecule has 0 heterocycles. The average molecular weight is 187 g/mol. The average Bonchev–Trinajstić information content (AvgIpc) is 2.04. The summed E-state index contributed by atoms with van der Waals surface area (Å²) in [5, 5.41) is 11.1. The molecule has 0 bridgehead atoms. The van der Waals surface area contributed by atoms with Crippen LogP contribution >= 0.6 is 0 Å². The molecule has 4 nitrogen and oxygen atoms in total. The Labute approximate surface area is 95.0 Å². The van der Waals surface area contributed by atoms with Gasteiger partial charge in [0.2, 0.25) is 5.91 Å². The summed E-state index contributed by atoms with van der Waals surface area (Å²) in [7, 11) is 0. The molecule has 0 radical (unpaired) electrons. The Hall–Kier alpha value is -1.24. The van der Waals surface area contributed by atoms with Gasteiger partial charge >= 0.3 is 24.8 Å². The Morgan fingerprint density at radius 3 is 2.14 bits per heavy atom. The summed E-state index contributed by atoms with van der Waals surface area (Å²) < 4.78 is 0. The number of rotatable bonds is 2. The van der Waals surface area contributed by atoms with Crippen molar-refractivity contribution in [2.24, 2.45) is 0 Å². The molecule has 0 saturated carbocycles. The summed E-state index contributed by atoms with van der Waals surface area (Å²) in [6.07, 6.45) is 0. The van der Waals surface area contributed by atoms with Gasteiger partial charge in [0.25, 0.3) is 0 Å². The van der Waals surface area contributed by atoms with Gasteiger partial charge < -0.3 is 11.8 Å². The van der Waals surface area contributed by atoms with Crippen LogP contribution in [0.4, 0.5) is 5.69 Å². The minimum atomic E-state index is -0.977. The maximum atomic E-state index is 10.6. The van der Waals surface area contributed by atoms with Gasteiger partial charge in [-0.15, -0.1) is 0 Å². The number of benzene rings is 1. The molecule has 1 aromatic carbocycles. The Morgan fingerprint density at radius 1 is 1.29 bits per heavy atom. The number of carboxylic acids is 1. The molecule has 0 spiro atoms. The van der Waals surface area contributed by atoms with Crippen molar-refractivity contribution in [1.29, 1.82) is 0 Å². The predicted molar refractivity (Wildman–Crippen MR) is 48.8 cm³/mol. The van der Waals surface area contributed by atoms with Gasteiger partial charge in [-0.2, -0.15) is 0 Å². The van der Waals surface area contributed by atoms with Crippen molar-refractivity contribution in [3.63, 3.8) is 0 Å². The molecule has 0 aromatic heterocycles. The van der Waals surface area contributed by atoms with Gasteiger partial charge in [0.1, 0.15) is 0 Å². The molecular formula is C9H10LiNO3. The number of nitrogens with one attached hydrogen (secondary N) is 1. The van der Waals surface area contributed by atoms with Crippen molar-refractivity contribution < 1.29 is 35.0 Å². The number of amides is 1. The molecule has 0 fully saturated rings. The molecule has 0 atom stereocenters. The first-order valence-corrected chi connectivity index (χ1v) is 3.70. The minimum absolute atomic E-state index is 0. The molecule has 0 saturated heterocycles. The van der Waals surface area contributed by atoms with E-state index in [4.69, 9.17) is 5.11 Å². The maximum absolute atomic E-state index is 10.6. The largest absolute Gasteiger partial charge is 1.00 e. The third kappa shape index (κ3) is 3.65. The number of hydrogen-bond acceptors (Lipinski definition) is 2. The van der Waals surface area contributed by atoms with Gasteiger partial charge in [-0.05, 0) is 24.3 Å². The van der Waals surface area contributed by atoms with E-state index in [0.717, 1.165) is 0 Å². The molecule has 1 aromatic rings. The van der Waals surface area contributed by atoms with E-state index in [0.29, 0.717) is 5.69 Å². The van der Waals surface area contributed by atoms with Crippen molar-refractivity contribution in [1.82, 2.24) is 0 Å². The molecule has 2 N–H and O–H groups in total. The van der Waals surface area contributed by atoms with Gasteiger partial charge in [-0.1, -0.05) is 0 Å². The van der Waals surface area contributed by atoms with Crippen LogP contribution in [-0.2, 0) is 4.79 Å². The first-order valence-electron chi connectivity index (χ1n) is 3.70. The van der Waals surface area contributed by atoms with E-state index in [1.54, 1.807) is 12.1 Å².